The van der Waals surface area contributed by atoms with Crippen molar-refractivity contribution in [2.24, 2.45) is 0 Å². The third kappa shape index (κ3) is 2.55. The van der Waals surface area contributed by atoms with Crippen LogP contribution in [-0.2, 0) is 11.3 Å². The van der Waals surface area contributed by atoms with Gasteiger partial charge in [-0.15, -0.1) is 0 Å². The average molecular weight is 322 g/mol. The van der Waals surface area contributed by atoms with Crippen LogP contribution in [0.25, 0.3) is 0 Å². The van der Waals surface area contributed by atoms with Gasteiger partial charge in [0, 0.05) is 3.57 Å². The van der Waals surface area contributed by atoms with E-state index in [0.29, 0.717) is 11.8 Å². The van der Waals surface area contributed by atoms with Gasteiger partial charge in [0.25, 0.3) is 0 Å². The van der Waals surface area contributed by atoms with E-state index >= 15 is 0 Å². The van der Waals surface area contributed by atoms with Crippen molar-refractivity contribution in [1.29, 1.82) is 0 Å². The predicted molar refractivity (Wildman–Crippen MR) is 65.3 cm³/mol. The zero-order valence-corrected chi connectivity index (χ0v) is 11.9. The molecule has 1 aromatic carbocycles. The molecule has 0 amide bonds. The Morgan fingerprint density at radius 2 is 2.29 bits per heavy atom. The van der Waals surface area contributed by atoms with Crippen molar-refractivity contribution in [3.63, 3.8) is 0 Å². The third-order valence-electron chi connectivity index (χ3n) is 1.74. The molecule has 0 radical (unpaired) electrons. The summed E-state index contributed by atoms with van der Waals surface area (Å²) in [6.45, 7) is -0.0553. The molecule has 0 saturated carbocycles. The zero-order valence-electron chi connectivity index (χ0n) is 7.79. The average Bonchev–Trinajstić information content (AvgIpc) is 2.18. The van der Waals surface area contributed by atoms with Crippen molar-refractivity contribution in [3.05, 3.63) is 32.9 Å². The Balaban J connectivity index is 3.03. The highest BCUT2D eigenvalue weighted by molar-refractivity contribution is 14.1. The summed E-state index contributed by atoms with van der Waals surface area (Å²) in [7, 11) is 0.840. The molecule has 0 bridgehead atoms. The molecule has 0 aliphatic carbocycles. The molecule has 76 valence electrons. The topological polar surface area (TPSA) is 46.5 Å². The summed E-state index contributed by atoms with van der Waals surface area (Å²) in [6.07, 6.45) is 0.498. The lowest BCUT2D eigenvalue weighted by atomic mass is 10.1. The molecule has 0 fully saturated rings. The SMILES string of the molecule is O=C(OC[SiH3])c1cccc(CO)c1I. The van der Waals surface area contributed by atoms with Crippen LogP contribution in [0.5, 0.6) is 0 Å². The quantitative estimate of drug-likeness (QED) is 0.493. The van der Waals surface area contributed by atoms with Gasteiger partial charge in [0.2, 0.25) is 0 Å². The van der Waals surface area contributed by atoms with E-state index in [1.165, 1.54) is 0 Å². The fourth-order valence-electron chi connectivity index (χ4n) is 1.07. The highest BCUT2D eigenvalue weighted by atomic mass is 127. The highest BCUT2D eigenvalue weighted by Gasteiger charge is 2.12. The number of hydrogen-bond acceptors (Lipinski definition) is 3. The number of esters is 1. The van der Waals surface area contributed by atoms with Crippen LogP contribution < -0.4 is 0 Å². The normalized spacial score (nSPS) is 10.1. The van der Waals surface area contributed by atoms with E-state index in [0.717, 1.165) is 19.4 Å². The minimum absolute atomic E-state index is 0.0553. The lowest BCUT2D eigenvalue weighted by molar-refractivity contribution is 0.0572. The molecular weight excluding hydrogens is 311 g/mol. The van der Waals surface area contributed by atoms with Gasteiger partial charge in [-0.25, -0.2) is 4.79 Å². The van der Waals surface area contributed by atoms with Crippen LogP contribution in [-0.4, -0.2) is 27.5 Å². The van der Waals surface area contributed by atoms with Crippen molar-refractivity contribution >= 4 is 38.8 Å². The van der Waals surface area contributed by atoms with E-state index in [1.54, 1.807) is 18.2 Å². The van der Waals surface area contributed by atoms with Crippen LogP contribution in [0.2, 0.25) is 0 Å². The molecular formula is C9H11IO3Si. The molecule has 1 rings (SSSR count). The summed E-state index contributed by atoms with van der Waals surface area (Å²) < 4.78 is 5.72. The van der Waals surface area contributed by atoms with Crippen molar-refractivity contribution in [1.82, 2.24) is 0 Å². The fourth-order valence-corrected chi connectivity index (χ4v) is 2.08. The summed E-state index contributed by atoms with van der Waals surface area (Å²) in [6, 6.07) is 5.25. The van der Waals surface area contributed by atoms with Gasteiger partial charge >= 0.3 is 5.97 Å². The molecule has 0 heterocycles. The van der Waals surface area contributed by atoms with Gasteiger partial charge in [-0.05, 0) is 34.2 Å². The second-order valence-corrected chi connectivity index (χ2v) is 4.31. The van der Waals surface area contributed by atoms with Gasteiger partial charge in [0.05, 0.1) is 28.6 Å². The Morgan fingerprint density at radius 1 is 1.57 bits per heavy atom. The molecule has 0 unspecified atom stereocenters. The molecule has 0 saturated heterocycles. The molecule has 1 aromatic rings. The number of ether oxygens (including phenoxy) is 1. The Bertz CT molecular complexity index is 341. The van der Waals surface area contributed by atoms with Crippen molar-refractivity contribution in [2.75, 3.05) is 6.23 Å². The summed E-state index contributed by atoms with van der Waals surface area (Å²) in [5.41, 5.74) is 1.29. The number of benzene rings is 1. The summed E-state index contributed by atoms with van der Waals surface area (Å²) in [4.78, 5) is 11.4. The van der Waals surface area contributed by atoms with Crippen molar-refractivity contribution in [2.45, 2.75) is 6.61 Å². The largest absolute Gasteiger partial charge is 0.467 e. The van der Waals surface area contributed by atoms with Gasteiger partial charge < -0.3 is 9.84 Å². The predicted octanol–water partition coefficient (Wildman–Crippen LogP) is 0.263. The van der Waals surface area contributed by atoms with E-state index in [4.69, 9.17) is 9.84 Å². The van der Waals surface area contributed by atoms with Crippen molar-refractivity contribution < 1.29 is 14.6 Å². The Kier molecular flexibility index (Phi) is 4.56. The first-order valence-corrected chi connectivity index (χ1v) is 6.75. The molecule has 0 aliphatic rings. The maximum Gasteiger partial charge on any atom is 0.338 e. The van der Waals surface area contributed by atoms with Crippen LogP contribution in [0.15, 0.2) is 18.2 Å². The maximum atomic E-state index is 11.4. The van der Waals surface area contributed by atoms with E-state index in [1.807, 2.05) is 22.6 Å². The van der Waals surface area contributed by atoms with Crippen LogP contribution in [0.4, 0.5) is 0 Å². The lowest BCUT2D eigenvalue weighted by Crippen LogP contribution is -2.09. The van der Waals surface area contributed by atoms with E-state index in [2.05, 4.69) is 0 Å². The van der Waals surface area contributed by atoms with Gasteiger partial charge in [-0.1, -0.05) is 12.1 Å². The smallest absolute Gasteiger partial charge is 0.338 e. The maximum absolute atomic E-state index is 11.4. The fraction of sp³-hybridized carbons (Fsp3) is 0.222. The standard InChI is InChI=1S/C9H11IO3Si/c10-8-6(4-11)2-1-3-7(8)9(12)13-5-14/h1-3,11H,4-5H2,14H3. The first-order valence-electron chi connectivity index (χ1n) is 4.26. The van der Waals surface area contributed by atoms with E-state index in [9.17, 15) is 4.79 Å². The third-order valence-corrected chi connectivity index (χ3v) is 3.31. The second kappa shape index (κ2) is 5.47. The number of halogens is 1. The number of aliphatic hydroxyl groups excluding tert-OH is 1. The van der Waals surface area contributed by atoms with Crippen LogP contribution in [0, 0.1) is 3.57 Å². The van der Waals surface area contributed by atoms with Gasteiger partial charge in [0.15, 0.2) is 0 Å². The van der Waals surface area contributed by atoms with E-state index < -0.39 is 0 Å². The number of rotatable bonds is 3. The molecule has 0 spiro atoms. The molecule has 5 heteroatoms. The Labute approximate surface area is 99.0 Å². The lowest BCUT2D eigenvalue weighted by Gasteiger charge is -2.06. The van der Waals surface area contributed by atoms with Crippen molar-refractivity contribution in [3.8, 4) is 0 Å². The van der Waals surface area contributed by atoms with Gasteiger partial charge in [0.1, 0.15) is 0 Å². The Morgan fingerprint density at radius 3 is 2.86 bits per heavy atom. The zero-order chi connectivity index (χ0) is 10.6. The number of carbonyl (C=O) groups is 1. The number of carbonyl (C=O) groups excluding carboxylic acids is 1. The summed E-state index contributed by atoms with van der Waals surface area (Å²) in [5, 5.41) is 9.00. The molecule has 0 atom stereocenters. The van der Waals surface area contributed by atoms with Gasteiger partial charge in [-0.3, -0.25) is 0 Å². The van der Waals surface area contributed by atoms with Crippen LogP contribution in [0.1, 0.15) is 15.9 Å². The summed E-state index contributed by atoms with van der Waals surface area (Å²) >= 11 is 2.05. The van der Waals surface area contributed by atoms with Crippen LogP contribution >= 0.6 is 22.6 Å². The molecule has 1 N–H and O–H groups in total. The minimum Gasteiger partial charge on any atom is -0.467 e. The number of aliphatic hydroxyl groups is 1. The number of hydrogen-bond donors (Lipinski definition) is 1. The van der Waals surface area contributed by atoms with E-state index in [-0.39, 0.29) is 12.6 Å². The first kappa shape index (κ1) is 11.7. The van der Waals surface area contributed by atoms with Gasteiger partial charge in [-0.2, -0.15) is 0 Å². The Hall–Kier alpha value is -0.403. The highest BCUT2D eigenvalue weighted by Crippen LogP contribution is 2.18. The molecule has 0 aliphatic heterocycles. The summed E-state index contributed by atoms with van der Waals surface area (Å²) in [5.74, 6) is -0.306. The monoisotopic (exact) mass is 322 g/mol. The molecule has 14 heavy (non-hydrogen) atoms. The molecule has 3 nitrogen and oxygen atoms in total. The minimum atomic E-state index is -0.306. The first-order chi connectivity index (χ1) is 6.70. The molecule has 0 aromatic heterocycles. The van der Waals surface area contributed by atoms with Crippen LogP contribution in [0.3, 0.4) is 0 Å². The second-order valence-electron chi connectivity index (χ2n) is 2.66.